The van der Waals surface area contributed by atoms with E-state index in [2.05, 4.69) is 13.8 Å². The molecule has 2 N–H and O–H groups in total. The van der Waals surface area contributed by atoms with E-state index in [-0.39, 0.29) is 11.9 Å². The molecule has 0 aliphatic rings. The van der Waals surface area contributed by atoms with Gasteiger partial charge in [-0.2, -0.15) is 0 Å². The van der Waals surface area contributed by atoms with Crippen molar-refractivity contribution in [2.24, 2.45) is 11.7 Å². The lowest BCUT2D eigenvalue weighted by molar-refractivity contribution is -0.148. The van der Waals surface area contributed by atoms with Gasteiger partial charge < -0.3 is 10.5 Å². The molecule has 0 radical (unpaired) electrons. The molecule has 0 fully saturated rings. The number of hydrogen-bond donors (Lipinski definition) is 1. The average molecular weight is 215 g/mol. The Bertz CT molecular complexity index is 160. The fraction of sp³-hybridized carbons (Fsp3) is 0.917. The van der Waals surface area contributed by atoms with Crippen LogP contribution in [0.3, 0.4) is 0 Å². The first kappa shape index (κ1) is 14.4. The molecule has 0 saturated heterocycles. The topological polar surface area (TPSA) is 52.3 Å². The highest BCUT2D eigenvalue weighted by Crippen LogP contribution is 2.07. The summed E-state index contributed by atoms with van der Waals surface area (Å²) in [5.41, 5.74) is 5.51. The smallest absolute Gasteiger partial charge is 0.310 e. The minimum absolute atomic E-state index is 0.0961. The first-order valence-corrected chi connectivity index (χ1v) is 6.12. The average Bonchev–Trinajstić information content (AvgIpc) is 2.25. The first-order chi connectivity index (χ1) is 7.26. The quantitative estimate of drug-likeness (QED) is 0.475. The molecule has 15 heavy (non-hydrogen) atoms. The molecule has 0 aliphatic heterocycles. The van der Waals surface area contributed by atoms with Gasteiger partial charge in [-0.25, -0.2) is 0 Å². The summed E-state index contributed by atoms with van der Waals surface area (Å²) < 4.78 is 5.18. The summed E-state index contributed by atoms with van der Waals surface area (Å²) in [5.74, 6) is -0.211. The van der Waals surface area contributed by atoms with Crippen molar-refractivity contribution >= 4 is 5.97 Å². The van der Waals surface area contributed by atoms with Crippen molar-refractivity contribution in [3.63, 3.8) is 0 Å². The SMILES string of the molecule is CCCCCCOC(=O)C(CN)CCC. The summed E-state index contributed by atoms with van der Waals surface area (Å²) in [6, 6.07) is 0. The molecule has 0 heterocycles. The number of esters is 1. The standard InChI is InChI=1S/C12H25NO2/c1-3-5-6-7-9-15-12(14)11(10-13)8-4-2/h11H,3-10,13H2,1-2H3. The van der Waals surface area contributed by atoms with Crippen molar-refractivity contribution in [1.82, 2.24) is 0 Å². The Kier molecular flexibility index (Phi) is 9.59. The van der Waals surface area contributed by atoms with E-state index in [1.807, 2.05) is 0 Å². The molecule has 0 amide bonds. The van der Waals surface area contributed by atoms with Crippen LogP contribution in [0.2, 0.25) is 0 Å². The summed E-state index contributed by atoms with van der Waals surface area (Å²) >= 11 is 0. The predicted molar refractivity (Wildman–Crippen MR) is 62.6 cm³/mol. The van der Waals surface area contributed by atoms with Crippen LogP contribution in [0, 0.1) is 5.92 Å². The number of carbonyl (C=O) groups excluding carboxylic acids is 1. The Morgan fingerprint density at radius 3 is 2.47 bits per heavy atom. The summed E-state index contributed by atoms with van der Waals surface area (Å²) in [4.78, 5) is 11.5. The number of ether oxygens (including phenoxy) is 1. The molecule has 0 saturated carbocycles. The lowest BCUT2D eigenvalue weighted by Crippen LogP contribution is -2.25. The van der Waals surface area contributed by atoms with Crippen LogP contribution in [-0.4, -0.2) is 19.1 Å². The van der Waals surface area contributed by atoms with Gasteiger partial charge in [0.25, 0.3) is 0 Å². The van der Waals surface area contributed by atoms with Crippen LogP contribution in [-0.2, 0) is 9.53 Å². The maximum Gasteiger partial charge on any atom is 0.310 e. The van der Waals surface area contributed by atoms with E-state index in [0.717, 1.165) is 25.7 Å². The monoisotopic (exact) mass is 215 g/mol. The highest BCUT2D eigenvalue weighted by atomic mass is 16.5. The zero-order valence-electron chi connectivity index (χ0n) is 10.1. The van der Waals surface area contributed by atoms with E-state index in [0.29, 0.717) is 13.2 Å². The van der Waals surface area contributed by atoms with Gasteiger partial charge in [0.15, 0.2) is 0 Å². The third kappa shape index (κ3) is 7.37. The maximum absolute atomic E-state index is 11.5. The van der Waals surface area contributed by atoms with Crippen molar-refractivity contribution in [3.05, 3.63) is 0 Å². The van der Waals surface area contributed by atoms with Gasteiger partial charge >= 0.3 is 5.97 Å². The minimum atomic E-state index is -0.115. The lowest BCUT2D eigenvalue weighted by Gasteiger charge is -2.12. The number of nitrogens with two attached hydrogens (primary N) is 1. The number of carbonyl (C=O) groups is 1. The van der Waals surface area contributed by atoms with E-state index in [1.165, 1.54) is 12.8 Å². The molecule has 0 aliphatic carbocycles. The van der Waals surface area contributed by atoms with E-state index in [4.69, 9.17) is 10.5 Å². The van der Waals surface area contributed by atoms with Gasteiger partial charge in [-0.3, -0.25) is 4.79 Å². The Labute approximate surface area is 93.4 Å². The third-order valence-electron chi connectivity index (χ3n) is 2.50. The van der Waals surface area contributed by atoms with Crippen LogP contribution in [0.25, 0.3) is 0 Å². The van der Waals surface area contributed by atoms with Crippen molar-refractivity contribution in [2.75, 3.05) is 13.2 Å². The second kappa shape index (κ2) is 9.97. The van der Waals surface area contributed by atoms with E-state index in [1.54, 1.807) is 0 Å². The van der Waals surface area contributed by atoms with Gasteiger partial charge in [0.1, 0.15) is 0 Å². The third-order valence-corrected chi connectivity index (χ3v) is 2.50. The molecule has 1 atom stereocenters. The number of rotatable bonds is 9. The van der Waals surface area contributed by atoms with Crippen molar-refractivity contribution < 1.29 is 9.53 Å². The largest absolute Gasteiger partial charge is 0.465 e. The van der Waals surface area contributed by atoms with Crippen molar-refractivity contribution in [2.45, 2.75) is 52.4 Å². The molecule has 3 heteroatoms. The second-order valence-electron chi connectivity index (χ2n) is 3.95. The van der Waals surface area contributed by atoms with E-state index >= 15 is 0 Å². The highest BCUT2D eigenvalue weighted by molar-refractivity contribution is 5.72. The van der Waals surface area contributed by atoms with Crippen LogP contribution in [0.15, 0.2) is 0 Å². The highest BCUT2D eigenvalue weighted by Gasteiger charge is 2.16. The Hall–Kier alpha value is -0.570. The normalized spacial score (nSPS) is 12.5. The Morgan fingerprint density at radius 2 is 1.93 bits per heavy atom. The van der Waals surface area contributed by atoms with Gasteiger partial charge in [0, 0.05) is 6.54 Å². The molecule has 0 aromatic carbocycles. The summed E-state index contributed by atoms with van der Waals surface area (Å²) in [6.07, 6.45) is 6.35. The molecular formula is C12H25NO2. The molecule has 3 nitrogen and oxygen atoms in total. The molecular weight excluding hydrogens is 190 g/mol. The molecule has 0 spiro atoms. The van der Waals surface area contributed by atoms with Gasteiger partial charge in [-0.05, 0) is 12.8 Å². The van der Waals surface area contributed by atoms with Crippen molar-refractivity contribution in [1.29, 1.82) is 0 Å². The Balaban J connectivity index is 3.53. The van der Waals surface area contributed by atoms with Gasteiger partial charge in [0.2, 0.25) is 0 Å². The lowest BCUT2D eigenvalue weighted by atomic mass is 10.0. The fourth-order valence-corrected chi connectivity index (χ4v) is 1.50. The zero-order chi connectivity index (χ0) is 11.5. The maximum atomic E-state index is 11.5. The van der Waals surface area contributed by atoms with Crippen LogP contribution < -0.4 is 5.73 Å². The first-order valence-electron chi connectivity index (χ1n) is 6.12. The molecule has 90 valence electrons. The van der Waals surface area contributed by atoms with E-state index < -0.39 is 0 Å². The summed E-state index contributed by atoms with van der Waals surface area (Å²) in [6.45, 7) is 5.18. The van der Waals surface area contributed by atoms with Crippen LogP contribution >= 0.6 is 0 Å². The van der Waals surface area contributed by atoms with Crippen molar-refractivity contribution in [3.8, 4) is 0 Å². The summed E-state index contributed by atoms with van der Waals surface area (Å²) in [7, 11) is 0. The zero-order valence-corrected chi connectivity index (χ0v) is 10.1. The van der Waals surface area contributed by atoms with E-state index in [9.17, 15) is 4.79 Å². The Morgan fingerprint density at radius 1 is 1.20 bits per heavy atom. The van der Waals surface area contributed by atoms with Gasteiger partial charge in [-0.1, -0.05) is 39.5 Å². The number of hydrogen-bond acceptors (Lipinski definition) is 3. The van der Waals surface area contributed by atoms with Gasteiger partial charge in [0.05, 0.1) is 12.5 Å². The van der Waals surface area contributed by atoms with Crippen LogP contribution in [0.1, 0.15) is 52.4 Å². The molecule has 1 unspecified atom stereocenters. The van der Waals surface area contributed by atoms with Crippen LogP contribution in [0.4, 0.5) is 0 Å². The predicted octanol–water partition coefficient (Wildman–Crippen LogP) is 2.48. The molecule has 0 aromatic rings. The minimum Gasteiger partial charge on any atom is -0.465 e. The van der Waals surface area contributed by atoms with Gasteiger partial charge in [-0.15, -0.1) is 0 Å². The molecule has 0 bridgehead atoms. The molecule has 0 rings (SSSR count). The summed E-state index contributed by atoms with van der Waals surface area (Å²) in [5, 5.41) is 0. The second-order valence-corrected chi connectivity index (χ2v) is 3.95. The van der Waals surface area contributed by atoms with Crippen LogP contribution in [0.5, 0.6) is 0 Å². The molecule has 0 aromatic heterocycles. The number of unbranched alkanes of at least 4 members (excludes halogenated alkanes) is 3. The fourth-order valence-electron chi connectivity index (χ4n) is 1.50.